The van der Waals surface area contributed by atoms with Gasteiger partial charge in [-0.05, 0) is 60.8 Å². The molecule has 46 heavy (non-hydrogen) atoms. The molecule has 4 fully saturated rings. The van der Waals surface area contributed by atoms with Gasteiger partial charge in [0.2, 0.25) is 17.8 Å². The average molecular weight is 675 g/mol. The minimum absolute atomic E-state index is 0. The number of carbonyl (C=O) groups is 3. The number of nitrogens with one attached hydrogen (secondary N) is 2. The number of aromatic nitrogens is 3. The second kappa shape index (κ2) is 14.5. The minimum atomic E-state index is -0.270. The number of allylic oxidation sites excluding steroid dienone is 1. The van der Waals surface area contributed by atoms with Crippen molar-refractivity contribution in [1.82, 2.24) is 19.9 Å². The monoisotopic (exact) mass is 673 g/mol. The first-order valence-electron chi connectivity index (χ1n) is 16.4. The van der Waals surface area contributed by atoms with Crippen molar-refractivity contribution in [3.05, 3.63) is 37.0 Å². The third-order valence-corrected chi connectivity index (χ3v) is 11.5. The molecule has 1 aromatic heterocycles. The van der Waals surface area contributed by atoms with E-state index in [0.717, 1.165) is 45.2 Å². The Labute approximate surface area is 285 Å². The third-order valence-electron chi connectivity index (χ3n) is 11.5. The maximum atomic E-state index is 13.9. The Morgan fingerprint density at radius 3 is 2.24 bits per heavy atom. The molecule has 2 heterocycles. The second-order valence-electron chi connectivity index (χ2n) is 14.0. The van der Waals surface area contributed by atoms with Crippen molar-refractivity contribution in [1.29, 1.82) is 0 Å². The summed E-state index contributed by atoms with van der Waals surface area (Å²) >= 11 is 0. The van der Waals surface area contributed by atoms with Crippen LogP contribution >= 0.6 is 24.8 Å². The van der Waals surface area contributed by atoms with Crippen molar-refractivity contribution < 1.29 is 14.4 Å². The number of hydrogen-bond acceptors (Lipinski definition) is 10. The molecule has 6 atom stereocenters. The Morgan fingerprint density at radius 1 is 0.957 bits per heavy atom. The van der Waals surface area contributed by atoms with Gasteiger partial charge in [0.15, 0.2) is 5.78 Å². The van der Waals surface area contributed by atoms with Gasteiger partial charge in [-0.1, -0.05) is 31.6 Å². The van der Waals surface area contributed by atoms with Gasteiger partial charge in [0.1, 0.15) is 11.6 Å². The lowest BCUT2D eigenvalue weighted by molar-refractivity contribution is -0.148. The lowest BCUT2D eigenvalue weighted by Crippen LogP contribution is -2.56. The zero-order valence-electron chi connectivity index (χ0n) is 27.1. The molecular formula is C34H49Cl2N7O3. The van der Waals surface area contributed by atoms with E-state index in [2.05, 4.69) is 62.4 Å². The van der Waals surface area contributed by atoms with Crippen LogP contribution in [0.1, 0.15) is 58.8 Å². The normalized spacial score (nSPS) is 32.0. The molecule has 0 aromatic carbocycles. The van der Waals surface area contributed by atoms with Gasteiger partial charge in [0, 0.05) is 63.9 Å². The van der Waals surface area contributed by atoms with Crippen LogP contribution in [0.3, 0.4) is 0 Å². The van der Waals surface area contributed by atoms with Gasteiger partial charge in [-0.2, -0.15) is 15.0 Å². The zero-order chi connectivity index (χ0) is 31.1. The van der Waals surface area contributed by atoms with E-state index < -0.39 is 0 Å². The Balaban J connectivity index is 0.00000240. The van der Waals surface area contributed by atoms with Crippen molar-refractivity contribution in [2.75, 3.05) is 61.3 Å². The Kier molecular flexibility index (Phi) is 11.4. The van der Waals surface area contributed by atoms with Crippen molar-refractivity contribution in [3.63, 3.8) is 0 Å². The maximum absolute atomic E-state index is 13.9. The topological polar surface area (TPSA) is 120 Å². The third kappa shape index (κ3) is 6.62. The van der Waals surface area contributed by atoms with E-state index in [1.54, 1.807) is 12.2 Å². The van der Waals surface area contributed by atoms with E-state index in [-0.39, 0.29) is 59.0 Å². The summed E-state index contributed by atoms with van der Waals surface area (Å²) in [6.45, 7) is 16.4. The fraction of sp³-hybridized carbons (Fsp3) is 0.647. The summed E-state index contributed by atoms with van der Waals surface area (Å²) in [6, 6.07) is 0. The van der Waals surface area contributed by atoms with E-state index in [1.165, 1.54) is 5.57 Å². The highest BCUT2D eigenvalue weighted by Crippen LogP contribution is 2.65. The summed E-state index contributed by atoms with van der Waals surface area (Å²) in [6.07, 6.45) is 10.9. The zero-order valence-corrected chi connectivity index (χ0v) is 28.8. The van der Waals surface area contributed by atoms with Crippen LogP contribution in [0.15, 0.2) is 37.0 Å². The summed E-state index contributed by atoms with van der Waals surface area (Å²) in [5.41, 5.74) is 0.733. The fourth-order valence-electron chi connectivity index (χ4n) is 9.34. The maximum Gasteiger partial charge on any atom is 0.232 e. The van der Waals surface area contributed by atoms with Crippen LogP contribution in [-0.4, -0.2) is 83.0 Å². The summed E-state index contributed by atoms with van der Waals surface area (Å²) < 4.78 is 0. The fourth-order valence-corrected chi connectivity index (χ4v) is 9.34. The number of Topliss-reactive ketones (excluding diaryl/α,β-unsaturated/α-hetero) is 2. The molecule has 2 N–H and O–H groups in total. The largest absolute Gasteiger partial charge is 0.351 e. The highest BCUT2D eigenvalue weighted by Gasteiger charge is 2.63. The smallest absolute Gasteiger partial charge is 0.232 e. The summed E-state index contributed by atoms with van der Waals surface area (Å²) in [5, 5.41) is 6.31. The number of fused-ring (bicyclic) bond motifs is 5. The Hall–Kier alpha value is -2.82. The molecule has 0 spiro atoms. The quantitative estimate of drug-likeness (QED) is 0.331. The molecule has 0 unspecified atom stereocenters. The van der Waals surface area contributed by atoms with E-state index >= 15 is 0 Å². The van der Waals surface area contributed by atoms with Crippen molar-refractivity contribution in [2.45, 2.75) is 58.8 Å². The molecule has 6 rings (SSSR count). The number of carbonyl (C=O) groups excluding carboxylic acids is 3. The van der Waals surface area contributed by atoms with Crippen LogP contribution in [0.2, 0.25) is 0 Å². The van der Waals surface area contributed by atoms with Gasteiger partial charge in [-0.15, -0.1) is 38.0 Å². The second-order valence-corrected chi connectivity index (χ2v) is 14.0. The lowest BCUT2D eigenvalue weighted by Gasteiger charge is -2.56. The molecule has 5 aliphatic rings. The molecule has 10 nitrogen and oxygen atoms in total. The number of nitrogens with zero attached hydrogens (tertiary/aromatic N) is 5. The summed E-state index contributed by atoms with van der Waals surface area (Å²) in [4.78, 5) is 58.1. The van der Waals surface area contributed by atoms with Gasteiger partial charge < -0.3 is 15.5 Å². The van der Waals surface area contributed by atoms with Crippen molar-refractivity contribution >= 4 is 60.0 Å². The number of hydrogen-bond donors (Lipinski definition) is 2. The van der Waals surface area contributed by atoms with E-state index in [0.29, 0.717) is 81.0 Å². The highest BCUT2D eigenvalue weighted by molar-refractivity contribution is 5.93. The van der Waals surface area contributed by atoms with Crippen LogP contribution in [0.25, 0.3) is 0 Å². The Morgan fingerprint density at radius 2 is 1.61 bits per heavy atom. The first-order valence-corrected chi connectivity index (χ1v) is 16.4. The van der Waals surface area contributed by atoms with Crippen LogP contribution in [0, 0.1) is 34.5 Å². The first-order chi connectivity index (χ1) is 21.2. The summed E-state index contributed by atoms with van der Waals surface area (Å²) in [5.74, 6) is 3.02. The lowest BCUT2D eigenvalue weighted by atomic mass is 9.46. The number of rotatable bonds is 10. The molecule has 252 valence electrons. The van der Waals surface area contributed by atoms with E-state index in [4.69, 9.17) is 0 Å². The van der Waals surface area contributed by atoms with Crippen LogP contribution in [0.5, 0.6) is 0 Å². The SMILES string of the molecule is C=CCNc1nc(NCC=C)nc(N2CCN(CC(=O)[C@H]3CC[C@H]4[C@@H]5CCC6=CC(=O)CC[C@]6(C)[C@H]5C(=O)C[C@]34C)CC2)n1.Cl.Cl. The minimum Gasteiger partial charge on any atom is -0.351 e. The molecule has 0 radical (unpaired) electrons. The molecular weight excluding hydrogens is 625 g/mol. The number of anilines is 3. The molecule has 1 aromatic rings. The number of halogens is 2. The highest BCUT2D eigenvalue weighted by atomic mass is 35.5. The number of ketones is 3. The van der Waals surface area contributed by atoms with Gasteiger partial charge in [-0.3, -0.25) is 19.3 Å². The van der Waals surface area contributed by atoms with Crippen molar-refractivity contribution in [3.8, 4) is 0 Å². The molecule has 1 aliphatic heterocycles. The van der Waals surface area contributed by atoms with Gasteiger partial charge in [-0.25, -0.2) is 0 Å². The standard InChI is InChI=1S/C34H47N7O3.2ClH/c1-5-13-35-30-37-31(36-14-6-2)39-32(38-30)41-17-15-40(16-18-41)21-28(44)26-10-9-25-24-8-7-22-19-23(42)11-12-33(22,3)29(24)27(43)20-34(25,26)4;;/h5-6,19,24-26,29H,1-2,7-18,20-21H2,3-4H3,(H2,35,36,37,38,39);2*1H/t24-,25-,26+,29+,33-,34-;;/m0../s1. The molecule has 0 amide bonds. The van der Waals surface area contributed by atoms with Crippen molar-refractivity contribution in [2.24, 2.45) is 34.5 Å². The van der Waals surface area contributed by atoms with Crippen LogP contribution < -0.4 is 15.5 Å². The van der Waals surface area contributed by atoms with Gasteiger partial charge >= 0.3 is 0 Å². The first kappa shape index (κ1) is 36.0. The molecule has 1 saturated heterocycles. The molecule has 0 bridgehead atoms. The van der Waals surface area contributed by atoms with Gasteiger partial charge in [0.25, 0.3) is 0 Å². The molecule has 3 saturated carbocycles. The van der Waals surface area contributed by atoms with Crippen LogP contribution in [0.4, 0.5) is 17.8 Å². The predicted octanol–water partition coefficient (Wildman–Crippen LogP) is 4.93. The Bertz CT molecular complexity index is 1350. The molecule has 12 heteroatoms. The summed E-state index contributed by atoms with van der Waals surface area (Å²) in [7, 11) is 0. The van der Waals surface area contributed by atoms with Gasteiger partial charge in [0.05, 0.1) is 6.54 Å². The average Bonchev–Trinajstić information content (AvgIpc) is 3.36. The van der Waals surface area contributed by atoms with Crippen LogP contribution in [-0.2, 0) is 14.4 Å². The van der Waals surface area contributed by atoms with E-state index in [9.17, 15) is 14.4 Å². The number of piperazine rings is 1. The molecule has 4 aliphatic carbocycles. The predicted molar refractivity (Wildman–Crippen MR) is 186 cm³/mol. The van der Waals surface area contributed by atoms with E-state index in [1.807, 2.05) is 6.08 Å².